The quantitative estimate of drug-likeness (QED) is 0.553. The van der Waals surface area contributed by atoms with Crippen LogP contribution in [-0.2, 0) is 0 Å². The standard InChI is InChI=1S/C19H18N4O2S/c1-12-10-22(5-4-20-12)14-3-2-13-8-15(18(24)25-17(13)9-14)16-11-23-6-7-26-19(23)21-16/h2-3,6-9,11-12,20H,4-5,10H2,1H3. The van der Waals surface area contributed by atoms with Crippen molar-refractivity contribution >= 4 is 33.0 Å². The van der Waals surface area contributed by atoms with E-state index in [1.165, 1.54) is 11.3 Å². The average Bonchev–Trinajstić information content (AvgIpc) is 3.22. The van der Waals surface area contributed by atoms with Gasteiger partial charge in [0.1, 0.15) is 5.58 Å². The Kier molecular flexibility index (Phi) is 3.58. The summed E-state index contributed by atoms with van der Waals surface area (Å²) in [4.78, 5) is 20.2. The number of thiazole rings is 1. The van der Waals surface area contributed by atoms with E-state index in [2.05, 4.69) is 28.2 Å². The van der Waals surface area contributed by atoms with Crippen LogP contribution in [0.25, 0.3) is 27.2 Å². The van der Waals surface area contributed by atoms with Crippen LogP contribution in [0.3, 0.4) is 0 Å². The summed E-state index contributed by atoms with van der Waals surface area (Å²) in [6.45, 7) is 5.03. The lowest BCUT2D eigenvalue weighted by molar-refractivity contribution is 0.484. The van der Waals surface area contributed by atoms with Gasteiger partial charge >= 0.3 is 5.63 Å². The molecule has 1 aliphatic rings. The Morgan fingerprint density at radius 1 is 1.35 bits per heavy atom. The van der Waals surface area contributed by atoms with E-state index in [4.69, 9.17) is 4.42 Å². The van der Waals surface area contributed by atoms with E-state index in [1.807, 2.05) is 40.4 Å². The summed E-state index contributed by atoms with van der Waals surface area (Å²) < 4.78 is 7.55. The maximum absolute atomic E-state index is 12.5. The molecule has 0 aliphatic carbocycles. The number of anilines is 1. The van der Waals surface area contributed by atoms with Crippen molar-refractivity contribution in [1.29, 1.82) is 0 Å². The highest BCUT2D eigenvalue weighted by Gasteiger charge is 2.17. The smallest absolute Gasteiger partial charge is 0.345 e. The molecule has 0 radical (unpaired) electrons. The molecule has 0 amide bonds. The number of nitrogens with one attached hydrogen (secondary N) is 1. The minimum atomic E-state index is -0.353. The van der Waals surface area contributed by atoms with Gasteiger partial charge < -0.3 is 14.6 Å². The van der Waals surface area contributed by atoms with Crippen molar-refractivity contribution in [3.05, 3.63) is 52.5 Å². The van der Waals surface area contributed by atoms with Gasteiger partial charge in [-0.1, -0.05) is 0 Å². The van der Waals surface area contributed by atoms with Crippen LogP contribution < -0.4 is 15.8 Å². The fourth-order valence-electron chi connectivity index (χ4n) is 3.50. The van der Waals surface area contributed by atoms with Crippen molar-refractivity contribution in [1.82, 2.24) is 14.7 Å². The van der Waals surface area contributed by atoms with E-state index < -0.39 is 0 Å². The Morgan fingerprint density at radius 3 is 3.12 bits per heavy atom. The van der Waals surface area contributed by atoms with E-state index in [-0.39, 0.29) is 5.63 Å². The third kappa shape index (κ3) is 2.60. The molecule has 0 spiro atoms. The molecular weight excluding hydrogens is 348 g/mol. The summed E-state index contributed by atoms with van der Waals surface area (Å²) >= 11 is 1.54. The van der Waals surface area contributed by atoms with Gasteiger partial charge in [0.05, 0.1) is 11.3 Å². The second-order valence-corrected chi connectivity index (χ2v) is 7.56. The molecular formula is C19H18N4O2S. The molecule has 6 nitrogen and oxygen atoms in total. The summed E-state index contributed by atoms with van der Waals surface area (Å²) in [6, 6.07) is 8.39. The molecule has 132 valence electrons. The molecule has 4 heterocycles. The second kappa shape index (κ2) is 5.96. The van der Waals surface area contributed by atoms with Gasteiger partial charge in [-0.3, -0.25) is 4.40 Å². The van der Waals surface area contributed by atoms with Crippen LogP contribution in [0.2, 0.25) is 0 Å². The fourth-order valence-corrected chi connectivity index (χ4v) is 4.20. The van der Waals surface area contributed by atoms with E-state index in [1.54, 1.807) is 0 Å². The van der Waals surface area contributed by atoms with E-state index >= 15 is 0 Å². The molecule has 0 saturated carbocycles. The van der Waals surface area contributed by atoms with Crippen molar-refractivity contribution in [3.63, 3.8) is 0 Å². The molecule has 1 aromatic carbocycles. The van der Waals surface area contributed by atoms with Crippen LogP contribution in [0.5, 0.6) is 0 Å². The number of aromatic nitrogens is 2. The Hall–Kier alpha value is -2.64. The van der Waals surface area contributed by atoms with Gasteiger partial charge in [-0.25, -0.2) is 9.78 Å². The number of imidazole rings is 1. The molecule has 1 atom stereocenters. The van der Waals surface area contributed by atoms with E-state index in [0.29, 0.717) is 22.9 Å². The molecule has 3 aromatic heterocycles. The maximum atomic E-state index is 12.5. The zero-order valence-corrected chi connectivity index (χ0v) is 15.1. The van der Waals surface area contributed by atoms with Gasteiger partial charge in [0, 0.05) is 60.6 Å². The number of piperazine rings is 1. The highest BCUT2D eigenvalue weighted by molar-refractivity contribution is 7.15. The summed E-state index contributed by atoms with van der Waals surface area (Å²) in [6.07, 6.45) is 3.79. The normalized spacial score (nSPS) is 18.0. The maximum Gasteiger partial charge on any atom is 0.345 e. The third-order valence-electron chi connectivity index (χ3n) is 4.82. The zero-order valence-electron chi connectivity index (χ0n) is 14.3. The topological polar surface area (TPSA) is 62.8 Å². The van der Waals surface area contributed by atoms with Crippen molar-refractivity contribution in [2.75, 3.05) is 24.5 Å². The summed E-state index contributed by atoms with van der Waals surface area (Å²) in [5.41, 5.74) is 2.49. The molecule has 1 aliphatic heterocycles. The number of fused-ring (bicyclic) bond motifs is 2. The molecule has 1 saturated heterocycles. The number of hydrogen-bond donors (Lipinski definition) is 1. The molecule has 4 aromatic rings. The lowest BCUT2D eigenvalue weighted by Gasteiger charge is -2.33. The van der Waals surface area contributed by atoms with Gasteiger partial charge in [-0.15, -0.1) is 11.3 Å². The van der Waals surface area contributed by atoms with Crippen molar-refractivity contribution in [3.8, 4) is 11.3 Å². The van der Waals surface area contributed by atoms with Crippen LogP contribution in [0.4, 0.5) is 5.69 Å². The molecule has 1 unspecified atom stereocenters. The van der Waals surface area contributed by atoms with Gasteiger partial charge in [-0.05, 0) is 25.1 Å². The van der Waals surface area contributed by atoms with Crippen molar-refractivity contribution in [2.45, 2.75) is 13.0 Å². The van der Waals surface area contributed by atoms with Crippen molar-refractivity contribution in [2.24, 2.45) is 0 Å². The average molecular weight is 366 g/mol. The molecule has 26 heavy (non-hydrogen) atoms. The van der Waals surface area contributed by atoms with Crippen LogP contribution in [0.15, 0.2) is 51.3 Å². The monoisotopic (exact) mass is 366 g/mol. The number of nitrogens with zero attached hydrogens (tertiary/aromatic N) is 3. The Balaban J connectivity index is 1.56. The first-order chi connectivity index (χ1) is 12.7. The summed E-state index contributed by atoms with van der Waals surface area (Å²) in [7, 11) is 0. The van der Waals surface area contributed by atoms with E-state index in [0.717, 1.165) is 35.7 Å². The zero-order chi connectivity index (χ0) is 17.7. The largest absolute Gasteiger partial charge is 0.422 e. The first-order valence-electron chi connectivity index (χ1n) is 8.66. The van der Waals surface area contributed by atoms with Gasteiger partial charge in [0.25, 0.3) is 0 Å². The van der Waals surface area contributed by atoms with Gasteiger partial charge in [0.15, 0.2) is 4.96 Å². The Morgan fingerprint density at radius 2 is 2.27 bits per heavy atom. The Labute approximate surface area is 153 Å². The van der Waals surface area contributed by atoms with Gasteiger partial charge in [-0.2, -0.15) is 0 Å². The van der Waals surface area contributed by atoms with Crippen LogP contribution in [0.1, 0.15) is 6.92 Å². The molecule has 1 fully saturated rings. The minimum Gasteiger partial charge on any atom is -0.422 e. The third-order valence-corrected chi connectivity index (χ3v) is 5.59. The first kappa shape index (κ1) is 15.6. The van der Waals surface area contributed by atoms with Crippen molar-refractivity contribution < 1.29 is 4.42 Å². The first-order valence-corrected chi connectivity index (χ1v) is 9.54. The lowest BCUT2D eigenvalue weighted by atomic mass is 10.1. The molecule has 7 heteroatoms. The SMILES string of the molecule is CC1CN(c2ccc3cc(-c4cn5ccsc5n4)c(=O)oc3c2)CCN1. The fraction of sp³-hybridized carbons (Fsp3) is 0.263. The summed E-state index contributed by atoms with van der Waals surface area (Å²) in [5.74, 6) is 0. The lowest BCUT2D eigenvalue weighted by Crippen LogP contribution is -2.49. The minimum absolute atomic E-state index is 0.353. The number of hydrogen-bond acceptors (Lipinski definition) is 6. The van der Waals surface area contributed by atoms with Gasteiger partial charge in [0.2, 0.25) is 0 Å². The number of rotatable bonds is 2. The van der Waals surface area contributed by atoms with E-state index in [9.17, 15) is 4.79 Å². The molecule has 0 bridgehead atoms. The predicted molar refractivity (Wildman–Crippen MR) is 104 cm³/mol. The number of benzene rings is 1. The van der Waals surface area contributed by atoms with Crippen LogP contribution in [0, 0.1) is 0 Å². The summed E-state index contributed by atoms with van der Waals surface area (Å²) in [5, 5.41) is 6.31. The second-order valence-electron chi connectivity index (χ2n) is 6.69. The Bertz CT molecular complexity index is 1130. The van der Waals surface area contributed by atoms with Crippen LogP contribution >= 0.6 is 11.3 Å². The highest BCUT2D eigenvalue weighted by atomic mass is 32.1. The predicted octanol–water partition coefficient (Wildman–Crippen LogP) is 2.97. The molecule has 5 rings (SSSR count). The van der Waals surface area contributed by atoms with Crippen LogP contribution in [-0.4, -0.2) is 35.1 Å². The highest BCUT2D eigenvalue weighted by Crippen LogP contribution is 2.26. The molecule has 1 N–H and O–H groups in total.